The van der Waals surface area contributed by atoms with E-state index < -0.39 is 36.1 Å². The summed E-state index contributed by atoms with van der Waals surface area (Å²) < 4.78 is 104. The van der Waals surface area contributed by atoms with Gasteiger partial charge in [0.15, 0.2) is 69.0 Å². The molecule has 552 valence electrons. The summed E-state index contributed by atoms with van der Waals surface area (Å²) >= 11 is 0. The number of nitrogens with zero attached hydrogens (tertiary/aromatic N) is 2. The Bertz CT molecular complexity index is 3510. The number of likely N-dealkylation sites (N-methyl/N-ethyl adjacent to an activating group) is 2. The molecule has 0 saturated heterocycles. The minimum atomic E-state index is -1.38. The monoisotopic (exact) mass is 1630 g/mol. The molecule has 8 rings (SSSR count). The summed E-state index contributed by atoms with van der Waals surface area (Å²) in [7, 11) is 25.7. The molecule has 0 aliphatic carbocycles. The van der Waals surface area contributed by atoms with E-state index in [1.54, 1.807) is 81.1 Å². The van der Waals surface area contributed by atoms with Crippen LogP contribution in [0.15, 0.2) is 84.9 Å². The molecule has 2 heterocycles. The number of unbranched alkanes of at least 4 members (excludes halogenated alkanes) is 2. The van der Waals surface area contributed by atoms with Gasteiger partial charge in [0.25, 0.3) is 0 Å². The summed E-state index contributed by atoms with van der Waals surface area (Å²) in [5.41, 5.74) is 6.88. The van der Waals surface area contributed by atoms with Crippen LogP contribution in [0, 0.1) is 0 Å². The Kier molecular flexibility index (Phi) is 30.9. The fourth-order valence-electron chi connectivity index (χ4n) is 13.4. The van der Waals surface area contributed by atoms with Crippen LogP contribution in [0.2, 0.25) is 0 Å². The van der Waals surface area contributed by atoms with Gasteiger partial charge in [-0.2, -0.15) is 0 Å². The average molecular weight is 1630 g/mol. The molecule has 0 spiro atoms. The molecule has 2 aliphatic rings. The average Bonchev–Trinajstić information content (AvgIpc) is 0.758. The minimum absolute atomic E-state index is 0. The van der Waals surface area contributed by atoms with Gasteiger partial charge in [0.05, 0.1) is 153 Å². The Morgan fingerprint density at radius 3 is 0.970 bits per heavy atom. The van der Waals surface area contributed by atoms with Crippen LogP contribution >= 0.6 is 0 Å². The predicted octanol–water partition coefficient (Wildman–Crippen LogP) is 3.65. The smallest absolute Gasteiger partial charge is 0.353 e. The van der Waals surface area contributed by atoms with Crippen molar-refractivity contribution in [2.45, 2.75) is 82.1 Å². The van der Waals surface area contributed by atoms with Crippen LogP contribution in [0.4, 0.5) is 0 Å². The summed E-state index contributed by atoms with van der Waals surface area (Å²) in [4.78, 5) is 58.1. The molecule has 26 heteroatoms. The van der Waals surface area contributed by atoms with Crippen molar-refractivity contribution in [3.05, 3.63) is 129 Å². The number of carbonyl (C=O) groups is 4. The SMILES string of the molecule is COc1ccc(CC2c3cc(OC)c(OC)cc3CC[N+]2(C)CC(OC(=O)Cc2cc(OC)c(OC)c(OC)c2)C(=O)OCCCCCOC(=O)C(C[N+]2(C)CCc3cc(OC)c(OC)cc3C2Cc2ccc(OC)c(OC)c2)OC(=O)Cc2cc(OC)c(OC)c(OC)c2)cc1OC.[I-].[I-]. The first-order valence-electron chi connectivity index (χ1n) is 32.6. The lowest BCUT2D eigenvalue weighted by molar-refractivity contribution is -0.943. The zero-order valence-corrected chi connectivity index (χ0v) is 64.9. The molecular formula is C75H96I2N2O22. The third-order valence-corrected chi connectivity index (χ3v) is 18.7. The van der Waals surface area contributed by atoms with Gasteiger partial charge >= 0.3 is 23.9 Å². The van der Waals surface area contributed by atoms with Crippen LogP contribution in [0.1, 0.15) is 75.9 Å². The Labute approximate surface area is 626 Å². The molecule has 101 heavy (non-hydrogen) atoms. The fraction of sp³-hybridized carbons (Fsp3) is 0.467. The van der Waals surface area contributed by atoms with Gasteiger partial charge < -0.3 is 142 Å². The molecule has 6 aromatic rings. The third-order valence-electron chi connectivity index (χ3n) is 18.7. The number of halogens is 2. The predicted molar refractivity (Wildman–Crippen MR) is 365 cm³/mol. The van der Waals surface area contributed by atoms with E-state index in [2.05, 4.69) is 0 Å². The van der Waals surface area contributed by atoms with E-state index in [0.29, 0.717) is 150 Å². The maximum Gasteiger partial charge on any atom is 0.353 e. The maximum absolute atomic E-state index is 14.7. The van der Waals surface area contributed by atoms with E-state index in [-0.39, 0.29) is 108 Å². The number of carbonyl (C=O) groups excluding carboxylic acids is 4. The van der Waals surface area contributed by atoms with Gasteiger partial charge in [0.1, 0.15) is 25.2 Å². The van der Waals surface area contributed by atoms with Gasteiger partial charge in [-0.3, -0.25) is 9.59 Å². The van der Waals surface area contributed by atoms with Crippen molar-refractivity contribution in [2.24, 2.45) is 0 Å². The van der Waals surface area contributed by atoms with E-state index >= 15 is 0 Å². The van der Waals surface area contributed by atoms with Gasteiger partial charge in [-0.1, -0.05) is 12.1 Å². The lowest BCUT2D eigenvalue weighted by Gasteiger charge is -2.47. The number of ether oxygens (including phenoxy) is 18. The number of rotatable bonds is 36. The molecule has 6 atom stereocenters. The van der Waals surface area contributed by atoms with Gasteiger partial charge in [0, 0.05) is 36.8 Å². The van der Waals surface area contributed by atoms with Crippen LogP contribution < -0.4 is 114 Å². The standard InChI is InChI=1S/C75H96N2O22.2HI/c1-76(26-24-50-40-60(86-7)62(88-9)42-52(50)54(76)30-46-20-22-56(82-3)58(32-46)84-5)44-68(98-70(78)38-48-34-64(90-11)72(94-15)65(35-48)91-12)74(80)96-28-18-17-19-29-97-75(81)69(99-71(79)39-49-36-66(92-13)73(95-16)67(37-49)93-14)45-77(2)27-25-51-41-61(87-8)63(89-10)43-53(51)55(77)31-47-21-23-57(83-4)59(33-47)85-6;;/h20-23,32-37,40-43,54-55,68-69H,17-19,24-31,38-39,44-45H2,1-16H3;2*1H/q+2;;/p-2. The van der Waals surface area contributed by atoms with Gasteiger partial charge in [-0.05, 0) is 125 Å². The Morgan fingerprint density at radius 2 is 0.663 bits per heavy atom. The quantitative estimate of drug-likeness (QED) is 0.0180. The van der Waals surface area contributed by atoms with Crippen molar-refractivity contribution in [2.75, 3.05) is 153 Å². The van der Waals surface area contributed by atoms with Crippen LogP contribution in [0.5, 0.6) is 80.5 Å². The number of methoxy groups -OCH3 is 14. The number of hydrogen-bond acceptors (Lipinski definition) is 22. The third kappa shape index (κ3) is 19.7. The molecule has 0 aromatic heterocycles. The number of benzene rings is 6. The van der Waals surface area contributed by atoms with Crippen molar-refractivity contribution in [3.63, 3.8) is 0 Å². The van der Waals surface area contributed by atoms with Gasteiger partial charge in [-0.25, -0.2) is 9.59 Å². The molecule has 2 aliphatic heterocycles. The first kappa shape index (κ1) is 81.7. The first-order valence-corrected chi connectivity index (χ1v) is 32.6. The lowest BCUT2D eigenvalue weighted by Crippen LogP contribution is -3.00. The highest BCUT2D eigenvalue weighted by Crippen LogP contribution is 2.47. The first-order chi connectivity index (χ1) is 47.7. The van der Waals surface area contributed by atoms with Gasteiger partial charge in [-0.15, -0.1) is 0 Å². The van der Waals surface area contributed by atoms with E-state index in [9.17, 15) is 19.2 Å². The second-order valence-electron chi connectivity index (χ2n) is 24.7. The largest absolute Gasteiger partial charge is 1.00 e. The molecule has 0 fully saturated rings. The molecular weight excluding hydrogens is 1530 g/mol. The van der Waals surface area contributed by atoms with Crippen molar-refractivity contribution in [1.29, 1.82) is 0 Å². The van der Waals surface area contributed by atoms with Crippen LogP contribution in [0.25, 0.3) is 0 Å². The van der Waals surface area contributed by atoms with E-state index in [1.165, 1.54) is 42.7 Å². The molecule has 24 nitrogen and oxygen atoms in total. The maximum atomic E-state index is 14.7. The highest BCUT2D eigenvalue weighted by atomic mass is 127. The summed E-state index contributed by atoms with van der Waals surface area (Å²) in [5.74, 6) is 3.70. The highest BCUT2D eigenvalue weighted by molar-refractivity contribution is 5.82. The normalized spacial score (nSPS) is 17.0. The van der Waals surface area contributed by atoms with E-state index in [1.807, 2.05) is 74.8 Å². The minimum Gasteiger partial charge on any atom is -1.00 e. The Morgan fingerprint density at radius 1 is 0.366 bits per heavy atom. The second kappa shape index (κ2) is 38.2. The summed E-state index contributed by atoms with van der Waals surface area (Å²) in [6.07, 6.45) is 0.0411. The Balaban J connectivity index is 0.00000803. The fourth-order valence-corrected chi connectivity index (χ4v) is 13.4. The van der Waals surface area contributed by atoms with Crippen LogP contribution in [0.3, 0.4) is 0 Å². The topological polar surface area (TPSA) is 234 Å². The zero-order valence-electron chi connectivity index (χ0n) is 60.6. The molecule has 6 unspecified atom stereocenters. The lowest BCUT2D eigenvalue weighted by atomic mass is 9.86. The van der Waals surface area contributed by atoms with Crippen LogP contribution in [-0.4, -0.2) is 198 Å². The summed E-state index contributed by atoms with van der Waals surface area (Å²) in [5, 5.41) is 0. The summed E-state index contributed by atoms with van der Waals surface area (Å²) in [6, 6.07) is 25.4. The van der Waals surface area contributed by atoms with Crippen LogP contribution in [-0.2, 0) is 76.7 Å². The van der Waals surface area contributed by atoms with Crippen molar-refractivity contribution in [3.8, 4) is 80.5 Å². The molecule has 0 amide bonds. The highest BCUT2D eigenvalue weighted by Gasteiger charge is 2.47. The van der Waals surface area contributed by atoms with Crippen molar-refractivity contribution >= 4 is 23.9 Å². The molecule has 0 radical (unpaired) electrons. The number of fused-ring (bicyclic) bond motifs is 2. The molecule has 0 saturated carbocycles. The van der Waals surface area contributed by atoms with E-state index in [4.69, 9.17) is 85.3 Å². The van der Waals surface area contributed by atoms with Crippen molar-refractivity contribution in [1.82, 2.24) is 0 Å². The van der Waals surface area contributed by atoms with Crippen molar-refractivity contribution < 1.29 is 161 Å². The summed E-state index contributed by atoms with van der Waals surface area (Å²) in [6.45, 7) is 1.03. The number of quaternary nitrogens is 2. The van der Waals surface area contributed by atoms with E-state index in [0.717, 1.165) is 33.4 Å². The number of hydrogen-bond donors (Lipinski definition) is 0. The molecule has 0 bridgehead atoms. The number of esters is 4. The Hall–Kier alpha value is -8.22. The molecule has 6 aromatic carbocycles. The molecule has 0 N–H and O–H groups in total. The second-order valence-corrected chi connectivity index (χ2v) is 24.7. The zero-order chi connectivity index (χ0) is 71.6. The van der Waals surface area contributed by atoms with Gasteiger partial charge in [0.2, 0.25) is 23.7 Å².